The second-order valence-corrected chi connectivity index (χ2v) is 5.99. The molecule has 0 radical (unpaired) electrons. The van der Waals surface area contributed by atoms with Crippen LogP contribution in [0.15, 0.2) is 0 Å². The van der Waals surface area contributed by atoms with Crippen LogP contribution in [0.1, 0.15) is 34.1 Å². The van der Waals surface area contributed by atoms with Gasteiger partial charge in [0.1, 0.15) is 0 Å². The van der Waals surface area contributed by atoms with Gasteiger partial charge in [-0.15, -0.1) is 0 Å². The van der Waals surface area contributed by atoms with Gasteiger partial charge in [-0.05, 0) is 38.6 Å². The molecule has 2 heterocycles. The summed E-state index contributed by atoms with van der Waals surface area (Å²) in [5.74, 6) is 1.83. The van der Waals surface area contributed by atoms with Crippen molar-refractivity contribution in [3.63, 3.8) is 0 Å². The molecule has 0 bridgehead atoms. The minimum atomic E-state index is 0.741. The third-order valence-corrected chi connectivity index (χ3v) is 4.34. The fraction of sp³-hybridized carbons (Fsp3) is 1.00. The van der Waals surface area contributed by atoms with Crippen LogP contribution in [0, 0.1) is 11.8 Å². The number of rotatable bonds is 3. The Hall–Kier alpha value is -0.0800. The predicted molar refractivity (Wildman–Crippen MR) is 65.0 cm³/mol. The lowest BCUT2D eigenvalue weighted by molar-refractivity contribution is 0.0232. The third kappa shape index (κ3) is 2.36. The van der Waals surface area contributed by atoms with Gasteiger partial charge in [-0.3, -0.25) is 9.80 Å². The largest absolute Gasteiger partial charge is 0.298 e. The Balaban J connectivity index is 1.74. The Kier molecular flexibility index (Phi) is 3.36. The van der Waals surface area contributed by atoms with Crippen molar-refractivity contribution >= 4 is 0 Å². The van der Waals surface area contributed by atoms with Crippen LogP contribution >= 0.6 is 0 Å². The number of likely N-dealkylation sites (tertiary alicyclic amines) is 2. The average molecular weight is 210 g/mol. The van der Waals surface area contributed by atoms with Crippen LogP contribution in [-0.2, 0) is 0 Å². The summed E-state index contributed by atoms with van der Waals surface area (Å²) in [6.07, 6.45) is 1.43. The van der Waals surface area contributed by atoms with E-state index in [1.807, 2.05) is 0 Å². The zero-order valence-corrected chi connectivity index (χ0v) is 10.7. The quantitative estimate of drug-likeness (QED) is 0.703. The summed E-state index contributed by atoms with van der Waals surface area (Å²) in [4.78, 5) is 5.30. The number of hydrogen-bond donors (Lipinski definition) is 0. The molecule has 0 aromatic carbocycles. The molecule has 0 N–H and O–H groups in total. The van der Waals surface area contributed by atoms with E-state index in [1.165, 1.54) is 32.6 Å². The van der Waals surface area contributed by atoms with E-state index in [0.717, 1.165) is 23.9 Å². The van der Waals surface area contributed by atoms with E-state index in [9.17, 15) is 0 Å². The molecular formula is C13H26N2. The molecule has 0 saturated carbocycles. The second-order valence-electron chi connectivity index (χ2n) is 5.99. The van der Waals surface area contributed by atoms with E-state index in [1.54, 1.807) is 0 Å². The lowest BCUT2D eigenvalue weighted by atomic mass is 9.95. The minimum Gasteiger partial charge on any atom is -0.298 e. The minimum absolute atomic E-state index is 0.741. The molecule has 2 saturated heterocycles. The Morgan fingerprint density at radius 3 is 2.13 bits per heavy atom. The molecule has 0 spiro atoms. The second kappa shape index (κ2) is 4.42. The van der Waals surface area contributed by atoms with E-state index >= 15 is 0 Å². The van der Waals surface area contributed by atoms with Crippen LogP contribution in [0.4, 0.5) is 0 Å². The SMILES string of the molecule is CC(C)C1CCN(C2CN(C(C)C)C2)C1. The predicted octanol–water partition coefficient (Wildman–Crippen LogP) is 2.06. The van der Waals surface area contributed by atoms with Crippen molar-refractivity contribution in [1.82, 2.24) is 9.80 Å². The number of nitrogens with zero attached hydrogens (tertiary/aromatic N) is 2. The van der Waals surface area contributed by atoms with Gasteiger partial charge in [0, 0.05) is 31.7 Å². The summed E-state index contributed by atoms with van der Waals surface area (Å²) < 4.78 is 0. The van der Waals surface area contributed by atoms with Crippen LogP contribution in [0.2, 0.25) is 0 Å². The van der Waals surface area contributed by atoms with Crippen molar-refractivity contribution in [3.05, 3.63) is 0 Å². The number of hydrogen-bond acceptors (Lipinski definition) is 2. The average Bonchev–Trinajstić information content (AvgIpc) is 2.49. The fourth-order valence-electron chi connectivity index (χ4n) is 2.83. The molecule has 15 heavy (non-hydrogen) atoms. The molecule has 2 aliphatic rings. The molecule has 2 nitrogen and oxygen atoms in total. The molecule has 2 rings (SSSR count). The van der Waals surface area contributed by atoms with E-state index in [0.29, 0.717) is 0 Å². The maximum absolute atomic E-state index is 2.73. The van der Waals surface area contributed by atoms with E-state index < -0.39 is 0 Å². The van der Waals surface area contributed by atoms with Crippen LogP contribution in [0.3, 0.4) is 0 Å². The maximum atomic E-state index is 2.73. The Morgan fingerprint density at radius 2 is 1.67 bits per heavy atom. The third-order valence-electron chi connectivity index (χ3n) is 4.34. The monoisotopic (exact) mass is 210 g/mol. The fourth-order valence-corrected chi connectivity index (χ4v) is 2.83. The zero-order valence-electron chi connectivity index (χ0n) is 10.7. The Bertz CT molecular complexity index is 207. The van der Waals surface area contributed by atoms with Crippen LogP contribution < -0.4 is 0 Å². The van der Waals surface area contributed by atoms with Gasteiger partial charge >= 0.3 is 0 Å². The van der Waals surface area contributed by atoms with Gasteiger partial charge in [-0.25, -0.2) is 0 Å². The summed E-state index contributed by atoms with van der Waals surface area (Å²) in [7, 11) is 0. The first-order chi connectivity index (χ1) is 7.08. The molecule has 2 aliphatic heterocycles. The molecular weight excluding hydrogens is 184 g/mol. The summed E-state index contributed by atoms with van der Waals surface area (Å²) in [6, 6.07) is 1.61. The molecule has 1 unspecified atom stereocenters. The summed E-state index contributed by atoms with van der Waals surface area (Å²) in [5.41, 5.74) is 0. The van der Waals surface area contributed by atoms with Gasteiger partial charge in [-0.2, -0.15) is 0 Å². The van der Waals surface area contributed by atoms with E-state index in [-0.39, 0.29) is 0 Å². The molecule has 0 aliphatic carbocycles. The van der Waals surface area contributed by atoms with Crippen LogP contribution in [-0.4, -0.2) is 48.1 Å². The van der Waals surface area contributed by atoms with Crippen LogP contribution in [0.5, 0.6) is 0 Å². The first-order valence-electron chi connectivity index (χ1n) is 6.56. The van der Waals surface area contributed by atoms with Crippen molar-refractivity contribution in [3.8, 4) is 0 Å². The van der Waals surface area contributed by atoms with Crippen molar-refractivity contribution in [2.75, 3.05) is 26.2 Å². The molecule has 88 valence electrons. The van der Waals surface area contributed by atoms with Gasteiger partial charge in [-0.1, -0.05) is 13.8 Å². The zero-order chi connectivity index (χ0) is 11.0. The normalized spacial score (nSPS) is 30.4. The van der Waals surface area contributed by atoms with Gasteiger partial charge in [0.05, 0.1) is 0 Å². The van der Waals surface area contributed by atoms with E-state index in [2.05, 4.69) is 37.5 Å². The van der Waals surface area contributed by atoms with Crippen molar-refractivity contribution in [1.29, 1.82) is 0 Å². The smallest absolute Gasteiger partial charge is 0.0350 e. The first-order valence-corrected chi connectivity index (χ1v) is 6.56. The van der Waals surface area contributed by atoms with Gasteiger partial charge in [0.25, 0.3) is 0 Å². The van der Waals surface area contributed by atoms with Crippen molar-refractivity contribution in [2.24, 2.45) is 11.8 Å². The van der Waals surface area contributed by atoms with Crippen LogP contribution in [0.25, 0.3) is 0 Å². The molecule has 0 amide bonds. The molecule has 1 atom stereocenters. The van der Waals surface area contributed by atoms with Gasteiger partial charge in [0.2, 0.25) is 0 Å². The van der Waals surface area contributed by atoms with Crippen molar-refractivity contribution < 1.29 is 0 Å². The standard InChI is InChI=1S/C13H26N2/c1-10(2)12-5-6-14(7-12)13-8-15(9-13)11(3)4/h10-13H,5-9H2,1-4H3. The highest BCUT2D eigenvalue weighted by atomic mass is 15.3. The first kappa shape index (κ1) is 11.4. The molecule has 0 aromatic heterocycles. The van der Waals surface area contributed by atoms with Crippen molar-refractivity contribution in [2.45, 2.75) is 46.2 Å². The molecule has 2 fully saturated rings. The Morgan fingerprint density at radius 1 is 1.00 bits per heavy atom. The topological polar surface area (TPSA) is 6.48 Å². The summed E-state index contributed by atoms with van der Waals surface area (Å²) >= 11 is 0. The highest BCUT2D eigenvalue weighted by Gasteiger charge is 2.37. The Labute approximate surface area is 94.6 Å². The lowest BCUT2D eigenvalue weighted by Gasteiger charge is -2.46. The highest BCUT2D eigenvalue weighted by Crippen LogP contribution is 2.28. The lowest BCUT2D eigenvalue weighted by Crippen LogP contribution is -2.60. The highest BCUT2D eigenvalue weighted by molar-refractivity contribution is 4.93. The van der Waals surface area contributed by atoms with Gasteiger partial charge in [0.15, 0.2) is 0 Å². The molecule has 0 aromatic rings. The van der Waals surface area contributed by atoms with Gasteiger partial charge < -0.3 is 0 Å². The molecule has 2 heteroatoms. The maximum Gasteiger partial charge on any atom is 0.0350 e. The summed E-state index contributed by atoms with van der Waals surface area (Å²) in [6.45, 7) is 14.7. The van der Waals surface area contributed by atoms with E-state index in [4.69, 9.17) is 0 Å². The summed E-state index contributed by atoms with van der Waals surface area (Å²) in [5, 5.41) is 0.